The summed E-state index contributed by atoms with van der Waals surface area (Å²) in [6, 6.07) is 10.3. The average molecular weight is 358 g/mol. The molecule has 20 heavy (non-hydrogen) atoms. The maximum Gasteiger partial charge on any atom is 0.262 e. The van der Waals surface area contributed by atoms with Crippen LogP contribution in [0.25, 0.3) is 0 Å². The molecule has 1 N–H and O–H groups in total. The largest absolute Gasteiger partial charge is 0.280 e. The van der Waals surface area contributed by atoms with Crippen molar-refractivity contribution < 1.29 is 12.8 Å². The van der Waals surface area contributed by atoms with E-state index in [1.165, 1.54) is 24.3 Å². The highest BCUT2D eigenvalue weighted by atomic mass is 79.9. The number of alkyl halides is 1. The lowest BCUT2D eigenvalue weighted by Crippen LogP contribution is -2.14. The van der Waals surface area contributed by atoms with Crippen molar-refractivity contribution in [2.45, 2.75) is 17.1 Å². The molecule has 0 unspecified atom stereocenters. The summed E-state index contributed by atoms with van der Waals surface area (Å²) in [5.74, 6) is -0.411. The van der Waals surface area contributed by atoms with E-state index >= 15 is 0 Å². The van der Waals surface area contributed by atoms with Crippen LogP contribution in [0, 0.1) is 12.7 Å². The number of nitrogens with one attached hydrogen (secondary N) is 1. The molecule has 0 radical (unpaired) electrons. The minimum Gasteiger partial charge on any atom is -0.280 e. The van der Waals surface area contributed by atoms with Crippen LogP contribution in [-0.4, -0.2) is 8.42 Å². The fourth-order valence-corrected chi connectivity index (χ4v) is 3.46. The molecule has 0 aliphatic heterocycles. The van der Waals surface area contributed by atoms with Gasteiger partial charge in [-0.05, 0) is 48.4 Å². The van der Waals surface area contributed by atoms with E-state index in [4.69, 9.17) is 0 Å². The van der Waals surface area contributed by atoms with E-state index in [1.54, 1.807) is 19.1 Å². The minimum absolute atomic E-state index is 0.214. The monoisotopic (exact) mass is 357 g/mol. The molecular weight excluding hydrogens is 345 g/mol. The van der Waals surface area contributed by atoms with Gasteiger partial charge in [0.05, 0.1) is 4.90 Å². The molecule has 2 aromatic rings. The standard InChI is InChI=1S/C14H13BrFNO2S/c1-10-8-11(9-15)2-7-14(10)20(18,19)17-13-5-3-12(16)4-6-13/h2-8,17H,9H2,1H3. The number of hydrogen-bond donors (Lipinski definition) is 1. The van der Waals surface area contributed by atoms with Crippen LogP contribution in [0.5, 0.6) is 0 Å². The van der Waals surface area contributed by atoms with Gasteiger partial charge in [0.1, 0.15) is 5.82 Å². The van der Waals surface area contributed by atoms with Gasteiger partial charge in [-0.2, -0.15) is 0 Å². The van der Waals surface area contributed by atoms with Crippen molar-refractivity contribution in [3.8, 4) is 0 Å². The third kappa shape index (κ3) is 3.37. The van der Waals surface area contributed by atoms with Gasteiger partial charge in [0.25, 0.3) is 10.0 Å². The van der Waals surface area contributed by atoms with Crippen molar-refractivity contribution >= 4 is 31.6 Å². The van der Waals surface area contributed by atoms with Gasteiger partial charge in [-0.3, -0.25) is 4.72 Å². The van der Waals surface area contributed by atoms with Crippen molar-refractivity contribution in [1.82, 2.24) is 0 Å². The topological polar surface area (TPSA) is 46.2 Å². The Morgan fingerprint density at radius 1 is 1.15 bits per heavy atom. The van der Waals surface area contributed by atoms with Crippen LogP contribution >= 0.6 is 15.9 Å². The molecule has 0 aliphatic carbocycles. The number of hydrogen-bond acceptors (Lipinski definition) is 2. The van der Waals surface area contributed by atoms with Crippen molar-refractivity contribution in [3.05, 3.63) is 59.4 Å². The third-order valence-corrected chi connectivity index (χ3v) is 4.97. The fourth-order valence-electron chi connectivity index (χ4n) is 1.82. The predicted molar refractivity (Wildman–Crippen MR) is 81.0 cm³/mol. The van der Waals surface area contributed by atoms with Crippen molar-refractivity contribution in [2.24, 2.45) is 0 Å². The Labute approximate surface area is 126 Å². The van der Waals surface area contributed by atoms with Gasteiger partial charge in [-0.25, -0.2) is 12.8 Å². The van der Waals surface area contributed by atoms with Crippen LogP contribution in [0.3, 0.4) is 0 Å². The first-order valence-corrected chi connectivity index (χ1v) is 8.47. The maximum atomic E-state index is 12.8. The third-order valence-electron chi connectivity index (χ3n) is 2.78. The second kappa shape index (κ2) is 5.93. The Hall–Kier alpha value is -1.40. The summed E-state index contributed by atoms with van der Waals surface area (Å²) in [6.45, 7) is 1.74. The molecule has 0 spiro atoms. The van der Waals surface area contributed by atoms with E-state index in [0.717, 1.165) is 5.56 Å². The molecule has 2 rings (SSSR count). The minimum atomic E-state index is -3.67. The molecule has 0 heterocycles. The lowest BCUT2D eigenvalue weighted by Gasteiger charge is -2.11. The van der Waals surface area contributed by atoms with Gasteiger partial charge < -0.3 is 0 Å². The molecule has 0 atom stereocenters. The molecule has 0 bridgehead atoms. The summed E-state index contributed by atoms with van der Waals surface area (Å²) in [5, 5.41) is 0.666. The smallest absolute Gasteiger partial charge is 0.262 e. The van der Waals surface area contributed by atoms with E-state index < -0.39 is 15.8 Å². The van der Waals surface area contributed by atoms with Gasteiger partial charge in [0, 0.05) is 11.0 Å². The zero-order chi connectivity index (χ0) is 14.8. The highest BCUT2D eigenvalue weighted by molar-refractivity contribution is 9.08. The molecule has 6 heteroatoms. The predicted octanol–water partition coefficient (Wildman–Crippen LogP) is 3.83. The number of halogens is 2. The zero-order valence-corrected chi connectivity index (χ0v) is 13.1. The Kier molecular flexibility index (Phi) is 4.45. The lowest BCUT2D eigenvalue weighted by atomic mass is 10.2. The summed E-state index contributed by atoms with van der Waals surface area (Å²) >= 11 is 3.33. The van der Waals surface area contributed by atoms with Crippen LogP contribution in [0.2, 0.25) is 0 Å². The highest BCUT2D eigenvalue weighted by Gasteiger charge is 2.17. The number of aryl methyl sites for hydroxylation is 1. The van der Waals surface area contributed by atoms with Crippen LogP contribution in [0.15, 0.2) is 47.4 Å². The Balaban J connectivity index is 2.33. The normalized spacial score (nSPS) is 11.3. The summed E-state index contributed by atoms with van der Waals surface area (Å²) in [5.41, 5.74) is 2.00. The Bertz CT molecular complexity index is 714. The van der Waals surface area contributed by atoms with Crippen LogP contribution in [0.1, 0.15) is 11.1 Å². The first-order chi connectivity index (χ1) is 9.42. The molecule has 0 saturated carbocycles. The van der Waals surface area contributed by atoms with Crippen LogP contribution in [0.4, 0.5) is 10.1 Å². The highest BCUT2D eigenvalue weighted by Crippen LogP contribution is 2.21. The van der Waals surface area contributed by atoms with Gasteiger partial charge >= 0.3 is 0 Å². The van der Waals surface area contributed by atoms with Gasteiger partial charge in [-0.1, -0.05) is 28.1 Å². The SMILES string of the molecule is Cc1cc(CBr)ccc1S(=O)(=O)Nc1ccc(F)cc1. The van der Waals surface area contributed by atoms with Gasteiger partial charge in [-0.15, -0.1) is 0 Å². The molecule has 0 saturated heterocycles. The van der Waals surface area contributed by atoms with Crippen molar-refractivity contribution in [1.29, 1.82) is 0 Å². The van der Waals surface area contributed by atoms with Crippen molar-refractivity contribution in [2.75, 3.05) is 4.72 Å². The van der Waals surface area contributed by atoms with E-state index in [0.29, 0.717) is 16.6 Å². The molecule has 0 fully saturated rings. The summed E-state index contributed by atoms with van der Waals surface area (Å²) in [4.78, 5) is 0.214. The van der Waals surface area contributed by atoms with Gasteiger partial charge in [0.2, 0.25) is 0 Å². The first kappa shape index (κ1) is 15.0. The van der Waals surface area contributed by atoms with E-state index in [9.17, 15) is 12.8 Å². The lowest BCUT2D eigenvalue weighted by molar-refractivity contribution is 0.600. The van der Waals surface area contributed by atoms with E-state index in [2.05, 4.69) is 20.7 Å². The Morgan fingerprint density at radius 3 is 2.35 bits per heavy atom. The second-order valence-electron chi connectivity index (χ2n) is 4.35. The molecule has 3 nitrogen and oxygen atoms in total. The zero-order valence-electron chi connectivity index (χ0n) is 10.7. The van der Waals surface area contributed by atoms with E-state index in [-0.39, 0.29) is 4.90 Å². The second-order valence-corrected chi connectivity index (χ2v) is 6.56. The first-order valence-electron chi connectivity index (χ1n) is 5.86. The summed E-state index contributed by atoms with van der Waals surface area (Å²) < 4.78 is 39.8. The molecular formula is C14H13BrFNO2S. The average Bonchev–Trinajstić information content (AvgIpc) is 2.40. The quantitative estimate of drug-likeness (QED) is 0.845. The number of benzene rings is 2. The summed E-state index contributed by atoms with van der Waals surface area (Å²) in [6.07, 6.45) is 0. The maximum absolute atomic E-state index is 12.8. The molecule has 0 amide bonds. The van der Waals surface area contributed by atoms with E-state index in [1.807, 2.05) is 6.07 Å². The number of sulfonamides is 1. The van der Waals surface area contributed by atoms with Gasteiger partial charge in [0.15, 0.2) is 0 Å². The van der Waals surface area contributed by atoms with Crippen molar-refractivity contribution in [3.63, 3.8) is 0 Å². The molecule has 106 valence electrons. The molecule has 0 aromatic heterocycles. The molecule has 0 aliphatic rings. The molecule has 2 aromatic carbocycles. The Morgan fingerprint density at radius 2 is 1.80 bits per heavy atom. The number of anilines is 1. The van der Waals surface area contributed by atoms with Crippen LogP contribution in [-0.2, 0) is 15.4 Å². The van der Waals surface area contributed by atoms with Crippen LogP contribution < -0.4 is 4.72 Å². The summed E-state index contributed by atoms with van der Waals surface area (Å²) in [7, 11) is -3.67. The number of rotatable bonds is 4. The fraction of sp³-hybridized carbons (Fsp3) is 0.143.